The highest BCUT2D eigenvalue weighted by Crippen LogP contribution is 2.46. The second-order valence-corrected chi connectivity index (χ2v) is 6.60. The molecule has 3 unspecified atom stereocenters. The van der Waals surface area contributed by atoms with Crippen molar-refractivity contribution in [1.29, 1.82) is 0 Å². The summed E-state index contributed by atoms with van der Waals surface area (Å²) >= 11 is 1.67. The monoisotopic (exact) mass is 288 g/mol. The number of benzene rings is 1. The smallest absolute Gasteiger partial charge is 0.120 e. The van der Waals surface area contributed by atoms with Crippen molar-refractivity contribution in [2.45, 2.75) is 45.2 Å². The molecule has 0 saturated carbocycles. The fourth-order valence-corrected chi connectivity index (χ4v) is 3.97. The van der Waals surface area contributed by atoms with Gasteiger partial charge in [0.25, 0.3) is 0 Å². The van der Waals surface area contributed by atoms with Gasteiger partial charge in [-0.3, -0.25) is 0 Å². The minimum atomic E-state index is 0.207. The molecule has 3 nitrogen and oxygen atoms in total. The summed E-state index contributed by atoms with van der Waals surface area (Å²) in [5, 5.41) is 17.0. The molecule has 0 saturated heterocycles. The number of hydrogen-bond acceptors (Lipinski definition) is 4. The molecule has 1 aromatic carbocycles. The molecule has 0 aliphatic heterocycles. The van der Waals surface area contributed by atoms with E-state index in [1.165, 1.54) is 11.1 Å². The Morgan fingerprint density at radius 2 is 2.20 bits per heavy atom. The lowest BCUT2D eigenvalue weighted by Gasteiger charge is -2.20. The van der Waals surface area contributed by atoms with E-state index in [-0.39, 0.29) is 12.1 Å². The van der Waals surface area contributed by atoms with Crippen molar-refractivity contribution in [2.75, 3.05) is 0 Å². The predicted molar refractivity (Wildman–Crippen MR) is 82.3 cm³/mol. The van der Waals surface area contributed by atoms with Crippen LogP contribution in [-0.2, 0) is 0 Å². The topological polar surface area (TPSA) is 45.1 Å². The van der Waals surface area contributed by atoms with E-state index in [0.717, 1.165) is 17.0 Å². The highest BCUT2D eigenvalue weighted by Gasteiger charge is 2.33. The number of thiazole rings is 1. The zero-order valence-corrected chi connectivity index (χ0v) is 12.9. The number of aryl methyl sites for hydroxylation is 1. The van der Waals surface area contributed by atoms with Gasteiger partial charge in [0.2, 0.25) is 0 Å². The van der Waals surface area contributed by atoms with Gasteiger partial charge in [0.15, 0.2) is 0 Å². The fraction of sp³-hybridized carbons (Fsp3) is 0.438. The number of hydrogen-bond donors (Lipinski definition) is 2. The number of rotatable bonds is 3. The Bertz CT molecular complexity index is 609. The molecule has 1 aromatic heterocycles. The molecule has 1 heterocycles. The van der Waals surface area contributed by atoms with Gasteiger partial charge in [-0.1, -0.05) is 13.0 Å². The van der Waals surface area contributed by atoms with Gasteiger partial charge in [-0.25, -0.2) is 4.98 Å². The van der Waals surface area contributed by atoms with Crippen molar-refractivity contribution >= 4 is 11.3 Å². The average molecular weight is 288 g/mol. The van der Waals surface area contributed by atoms with Gasteiger partial charge in [-0.05, 0) is 43.4 Å². The average Bonchev–Trinajstić information content (AvgIpc) is 3.03. The molecule has 2 N–H and O–H groups in total. The number of phenols is 1. The summed E-state index contributed by atoms with van der Waals surface area (Å²) in [7, 11) is 0. The van der Waals surface area contributed by atoms with Gasteiger partial charge >= 0.3 is 0 Å². The van der Waals surface area contributed by atoms with Crippen molar-refractivity contribution in [3.8, 4) is 5.75 Å². The van der Waals surface area contributed by atoms with E-state index in [0.29, 0.717) is 11.7 Å². The third-order valence-electron chi connectivity index (χ3n) is 4.19. The minimum absolute atomic E-state index is 0.207. The Morgan fingerprint density at radius 3 is 2.90 bits per heavy atom. The summed E-state index contributed by atoms with van der Waals surface area (Å²) in [6, 6.07) is 4.24. The largest absolute Gasteiger partial charge is 0.508 e. The summed E-state index contributed by atoms with van der Waals surface area (Å²) in [5.41, 5.74) is 3.67. The van der Waals surface area contributed by atoms with E-state index in [1.54, 1.807) is 11.3 Å². The highest BCUT2D eigenvalue weighted by atomic mass is 32.1. The molecular formula is C16H20N2OS. The molecule has 0 radical (unpaired) electrons. The Hall–Kier alpha value is -1.39. The summed E-state index contributed by atoms with van der Waals surface area (Å²) in [4.78, 5) is 4.37. The Balaban J connectivity index is 1.90. The molecule has 106 valence electrons. The Labute approximate surface area is 123 Å². The molecule has 20 heavy (non-hydrogen) atoms. The first kappa shape index (κ1) is 13.6. The quantitative estimate of drug-likeness (QED) is 0.895. The number of aromatic nitrogens is 1. The van der Waals surface area contributed by atoms with Gasteiger partial charge in [-0.2, -0.15) is 0 Å². The van der Waals surface area contributed by atoms with Crippen molar-refractivity contribution < 1.29 is 5.11 Å². The van der Waals surface area contributed by atoms with E-state index in [1.807, 2.05) is 23.7 Å². The summed E-state index contributed by atoms with van der Waals surface area (Å²) in [6.07, 6.45) is 2.87. The Morgan fingerprint density at radius 1 is 1.40 bits per heavy atom. The maximum absolute atomic E-state index is 10.2. The van der Waals surface area contributed by atoms with Crippen LogP contribution in [0.5, 0.6) is 5.75 Å². The maximum Gasteiger partial charge on any atom is 0.120 e. The molecule has 1 aliphatic rings. The van der Waals surface area contributed by atoms with Crippen molar-refractivity contribution in [3.63, 3.8) is 0 Å². The summed E-state index contributed by atoms with van der Waals surface area (Å²) in [6.45, 7) is 6.50. The number of nitrogens with zero attached hydrogens (tertiary/aromatic N) is 1. The third kappa shape index (κ3) is 2.23. The van der Waals surface area contributed by atoms with Gasteiger partial charge in [0, 0.05) is 23.2 Å². The second kappa shape index (κ2) is 5.19. The molecule has 0 amide bonds. The van der Waals surface area contributed by atoms with E-state index in [2.05, 4.69) is 31.1 Å². The first-order valence-electron chi connectivity index (χ1n) is 7.05. The van der Waals surface area contributed by atoms with E-state index in [9.17, 15) is 5.11 Å². The van der Waals surface area contributed by atoms with Crippen LogP contribution in [0.25, 0.3) is 0 Å². The highest BCUT2D eigenvalue weighted by molar-refractivity contribution is 7.09. The van der Waals surface area contributed by atoms with Crippen LogP contribution in [-0.4, -0.2) is 10.1 Å². The van der Waals surface area contributed by atoms with Crippen molar-refractivity contribution in [1.82, 2.24) is 10.3 Å². The van der Waals surface area contributed by atoms with Crippen molar-refractivity contribution in [3.05, 3.63) is 45.4 Å². The minimum Gasteiger partial charge on any atom is -0.508 e. The number of phenolic OH excluding ortho intramolecular Hbond substituents is 1. The number of fused-ring (bicyclic) bond motifs is 1. The standard InChI is InChI=1S/C16H20N2OS/c1-9-4-5-13(19)15-12(8-10(2)14(9)15)18-11(3)16-17-6-7-20-16/h4-7,10-12,18-19H,8H2,1-3H3. The van der Waals surface area contributed by atoms with Gasteiger partial charge in [0.1, 0.15) is 10.8 Å². The van der Waals surface area contributed by atoms with Crippen LogP contribution in [0.15, 0.2) is 23.7 Å². The second-order valence-electron chi connectivity index (χ2n) is 5.68. The Kier molecular flexibility index (Phi) is 3.52. The molecule has 4 heteroatoms. The van der Waals surface area contributed by atoms with Crippen LogP contribution < -0.4 is 5.32 Å². The fourth-order valence-electron chi connectivity index (χ4n) is 3.32. The van der Waals surface area contributed by atoms with E-state index >= 15 is 0 Å². The van der Waals surface area contributed by atoms with Crippen LogP contribution in [0.2, 0.25) is 0 Å². The maximum atomic E-state index is 10.2. The van der Waals surface area contributed by atoms with Crippen LogP contribution >= 0.6 is 11.3 Å². The van der Waals surface area contributed by atoms with Gasteiger partial charge in [0.05, 0.1) is 6.04 Å². The zero-order valence-electron chi connectivity index (χ0n) is 12.1. The molecule has 0 spiro atoms. The molecule has 2 aromatic rings. The number of nitrogens with one attached hydrogen (secondary N) is 1. The van der Waals surface area contributed by atoms with Crippen LogP contribution in [0.3, 0.4) is 0 Å². The van der Waals surface area contributed by atoms with E-state index in [4.69, 9.17) is 0 Å². The predicted octanol–water partition coefficient (Wildman–Crippen LogP) is 4.06. The molecule has 0 bridgehead atoms. The summed E-state index contributed by atoms with van der Waals surface area (Å²) in [5.74, 6) is 0.900. The molecule has 0 fully saturated rings. The van der Waals surface area contributed by atoms with Gasteiger partial charge in [-0.15, -0.1) is 11.3 Å². The first-order chi connectivity index (χ1) is 9.58. The molecule has 3 atom stereocenters. The van der Waals surface area contributed by atoms with Crippen LogP contribution in [0.1, 0.15) is 60.0 Å². The van der Waals surface area contributed by atoms with Gasteiger partial charge < -0.3 is 10.4 Å². The molecule has 1 aliphatic carbocycles. The lowest BCUT2D eigenvalue weighted by Crippen LogP contribution is -2.23. The SMILES string of the molecule is Cc1ccc(O)c2c1C(C)CC2NC(C)c1nccs1. The number of aromatic hydroxyl groups is 1. The van der Waals surface area contributed by atoms with Crippen LogP contribution in [0, 0.1) is 6.92 Å². The normalized spacial score (nSPS) is 22.8. The summed E-state index contributed by atoms with van der Waals surface area (Å²) < 4.78 is 0. The first-order valence-corrected chi connectivity index (χ1v) is 7.93. The van der Waals surface area contributed by atoms with Crippen LogP contribution in [0.4, 0.5) is 0 Å². The van der Waals surface area contributed by atoms with E-state index < -0.39 is 0 Å². The molecular weight excluding hydrogens is 268 g/mol. The lowest BCUT2D eigenvalue weighted by atomic mass is 9.97. The molecule has 3 rings (SSSR count). The third-order valence-corrected chi connectivity index (χ3v) is 5.14. The zero-order chi connectivity index (χ0) is 14.3. The lowest BCUT2D eigenvalue weighted by molar-refractivity contribution is 0.421. The van der Waals surface area contributed by atoms with Crippen molar-refractivity contribution in [2.24, 2.45) is 0 Å².